The fraction of sp³-hybridized carbons (Fsp3) is 0.538. The van der Waals surface area contributed by atoms with Crippen molar-refractivity contribution < 1.29 is 8.42 Å². The Morgan fingerprint density at radius 1 is 1.26 bits per heavy atom. The number of sulfone groups is 1. The summed E-state index contributed by atoms with van der Waals surface area (Å²) in [7, 11) is -2.93. The third kappa shape index (κ3) is 4.20. The fourth-order valence-electron chi connectivity index (χ4n) is 2.49. The van der Waals surface area contributed by atoms with Gasteiger partial charge in [-0.1, -0.05) is 22.4 Å². The molecule has 1 N–H and O–H groups in total. The summed E-state index contributed by atoms with van der Waals surface area (Å²) in [6, 6.07) is 6.19. The SMILES string of the molecule is CS(=O)(=O)C1CCCC(Nc2ccc(Br)cc2Br)C1. The molecule has 1 aliphatic rings. The quantitative estimate of drug-likeness (QED) is 0.819. The second kappa shape index (κ2) is 6.14. The van der Waals surface area contributed by atoms with Crippen LogP contribution < -0.4 is 5.32 Å². The van der Waals surface area contributed by atoms with Gasteiger partial charge in [-0.3, -0.25) is 0 Å². The number of benzene rings is 1. The molecule has 0 radical (unpaired) electrons. The Labute approximate surface area is 131 Å². The Bertz CT molecular complexity index is 560. The summed E-state index contributed by atoms with van der Waals surface area (Å²) in [5.74, 6) is 0. The summed E-state index contributed by atoms with van der Waals surface area (Å²) in [6.07, 6.45) is 4.81. The lowest BCUT2D eigenvalue weighted by atomic mass is 9.95. The molecule has 1 aromatic rings. The minimum Gasteiger partial charge on any atom is -0.381 e. The molecule has 1 aromatic carbocycles. The predicted molar refractivity (Wildman–Crippen MR) is 86.4 cm³/mol. The van der Waals surface area contributed by atoms with E-state index in [2.05, 4.69) is 37.2 Å². The zero-order chi connectivity index (χ0) is 14.0. The van der Waals surface area contributed by atoms with Crippen LogP contribution in [-0.2, 0) is 9.84 Å². The van der Waals surface area contributed by atoms with Gasteiger partial charge in [-0.25, -0.2) is 8.42 Å². The fourth-order valence-corrected chi connectivity index (χ4v) is 4.83. The maximum absolute atomic E-state index is 11.7. The predicted octanol–water partition coefficient (Wildman–Crippen LogP) is 3.98. The van der Waals surface area contributed by atoms with Crippen molar-refractivity contribution >= 4 is 47.4 Å². The minimum atomic E-state index is -2.93. The van der Waals surface area contributed by atoms with E-state index in [1.807, 2.05) is 18.2 Å². The summed E-state index contributed by atoms with van der Waals surface area (Å²) in [5.41, 5.74) is 1.02. The van der Waals surface area contributed by atoms with E-state index in [0.717, 1.165) is 33.9 Å². The lowest BCUT2D eigenvalue weighted by Crippen LogP contribution is -2.34. The first kappa shape index (κ1) is 15.3. The van der Waals surface area contributed by atoms with E-state index in [4.69, 9.17) is 0 Å². The maximum Gasteiger partial charge on any atom is 0.150 e. The first-order valence-corrected chi connectivity index (χ1v) is 9.81. The zero-order valence-corrected chi connectivity index (χ0v) is 14.7. The minimum absolute atomic E-state index is 0.201. The van der Waals surface area contributed by atoms with Crippen LogP contribution in [0.5, 0.6) is 0 Å². The number of anilines is 1. The standard InChI is InChI=1S/C13H17Br2NO2S/c1-19(17,18)11-4-2-3-10(8-11)16-13-6-5-9(14)7-12(13)15/h5-7,10-11,16H,2-4,8H2,1H3. The van der Waals surface area contributed by atoms with Gasteiger partial charge in [0.1, 0.15) is 9.84 Å². The molecule has 2 rings (SSSR count). The second-order valence-electron chi connectivity index (χ2n) is 5.08. The highest BCUT2D eigenvalue weighted by molar-refractivity contribution is 9.11. The van der Waals surface area contributed by atoms with Gasteiger partial charge in [0.2, 0.25) is 0 Å². The van der Waals surface area contributed by atoms with Gasteiger partial charge in [0, 0.05) is 26.9 Å². The molecular weight excluding hydrogens is 394 g/mol. The Morgan fingerprint density at radius 2 is 2.00 bits per heavy atom. The van der Waals surface area contributed by atoms with Gasteiger partial charge in [-0.2, -0.15) is 0 Å². The molecule has 0 heterocycles. The summed E-state index contributed by atoms with van der Waals surface area (Å²) in [4.78, 5) is 0. The second-order valence-corrected chi connectivity index (χ2v) is 9.18. The van der Waals surface area contributed by atoms with E-state index in [1.165, 1.54) is 6.26 Å². The Kier molecular flexibility index (Phi) is 4.95. The number of nitrogens with one attached hydrogen (secondary N) is 1. The molecule has 0 aliphatic heterocycles. The molecule has 0 amide bonds. The summed E-state index contributed by atoms with van der Waals surface area (Å²) < 4.78 is 25.3. The van der Waals surface area contributed by atoms with Gasteiger partial charge in [0.25, 0.3) is 0 Å². The van der Waals surface area contributed by atoms with Crippen molar-refractivity contribution in [2.75, 3.05) is 11.6 Å². The Hall–Kier alpha value is -0.0700. The van der Waals surface area contributed by atoms with Gasteiger partial charge in [0.15, 0.2) is 0 Å². The van der Waals surface area contributed by atoms with Crippen LogP contribution in [0.2, 0.25) is 0 Å². The Balaban J connectivity index is 2.07. The van der Waals surface area contributed by atoms with Crippen molar-refractivity contribution in [1.82, 2.24) is 0 Å². The lowest BCUT2D eigenvalue weighted by molar-refractivity contribution is 0.453. The van der Waals surface area contributed by atoms with Gasteiger partial charge in [-0.15, -0.1) is 0 Å². The van der Waals surface area contributed by atoms with E-state index in [1.54, 1.807) is 0 Å². The van der Waals surface area contributed by atoms with E-state index < -0.39 is 9.84 Å². The van der Waals surface area contributed by atoms with Crippen molar-refractivity contribution in [2.24, 2.45) is 0 Å². The van der Waals surface area contributed by atoms with Crippen molar-refractivity contribution in [3.05, 3.63) is 27.1 Å². The molecule has 2 unspecified atom stereocenters. The molecule has 3 nitrogen and oxygen atoms in total. The first-order valence-electron chi connectivity index (χ1n) is 6.26. The largest absolute Gasteiger partial charge is 0.381 e. The number of hydrogen-bond acceptors (Lipinski definition) is 3. The van der Waals surface area contributed by atoms with Crippen LogP contribution in [0.3, 0.4) is 0 Å². The third-order valence-corrected chi connectivity index (χ3v) is 6.31. The van der Waals surface area contributed by atoms with Crippen LogP contribution in [-0.4, -0.2) is 26.0 Å². The highest BCUT2D eigenvalue weighted by atomic mass is 79.9. The van der Waals surface area contributed by atoms with E-state index in [-0.39, 0.29) is 11.3 Å². The number of hydrogen-bond donors (Lipinski definition) is 1. The van der Waals surface area contributed by atoms with Crippen molar-refractivity contribution in [3.63, 3.8) is 0 Å². The van der Waals surface area contributed by atoms with Gasteiger partial charge in [-0.05, 0) is 53.4 Å². The Morgan fingerprint density at radius 3 is 2.63 bits per heavy atom. The van der Waals surface area contributed by atoms with E-state index in [0.29, 0.717) is 6.42 Å². The average Bonchev–Trinajstić information content (AvgIpc) is 2.32. The smallest absolute Gasteiger partial charge is 0.150 e. The topological polar surface area (TPSA) is 46.2 Å². The highest BCUT2D eigenvalue weighted by Crippen LogP contribution is 2.30. The molecular formula is C13H17Br2NO2S. The van der Waals surface area contributed by atoms with Crippen LogP contribution in [0, 0.1) is 0 Å². The summed E-state index contributed by atoms with van der Waals surface area (Å²) in [6.45, 7) is 0. The number of halogens is 2. The molecule has 0 bridgehead atoms. The average molecular weight is 411 g/mol. The first-order chi connectivity index (χ1) is 8.86. The summed E-state index contributed by atoms with van der Waals surface area (Å²) in [5, 5.41) is 3.25. The van der Waals surface area contributed by atoms with Crippen molar-refractivity contribution in [1.29, 1.82) is 0 Å². The van der Waals surface area contributed by atoms with Gasteiger partial charge in [0.05, 0.1) is 5.25 Å². The van der Waals surface area contributed by atoms with Crippen LogP contribution in [0.1, 0.15) is 25.7 Å². The molecule has 0 aromatic heterocycles. The maximum atomic E-state index is 11.7. The molecule has 0 saturated heterocycles. The van der Waals surface area contributed by atoms with Gasteiger partial charge < -0.3 is 5.32 Å². The number of rotatable bonds is 3. The molecule has 106 valence electrons. The van der Waals surface area contributed by atoms with E-state index >= 15 is 0 Å². The van der Waals surface area contributed by atoms with Crippen molar-refractivity contribution in [3.8, 4) is 0 Å². The third-order valence-electron chi connectivity index (χ3n) is 3.52. The van der Waals surface area contributed by atoms with Crippen molar-refractivity contribution in [2.45, 2.75) is 37.0 Å². The molecule has 19 heavy (non-hydrogen) atoms. The summed E-state index contributed by atoms with van der Waals surface area (Å²) >= 11 is 6.94. The van der Waals surface area contributed by atoms with E-state index in [9.17, 15) is 8.42 Å². The lowest BCUT2D eigenvalue weighted by Gasteiger charge is -2.29. The van der Waals surface area contributed by atoms with Crippen LogP contribution in [0.15, 0.2) is 27.1 Å². The highest BCUT2D eigenvalue weighted by Gasteiger charge is 2.28. The molecule has 0 spiro atoms. The van der Waals surface area contributed by atoms with Gasteiger partial charge >= 0.3 is 0 Å². The monoisotopic (exact) mass is 409 g/mol. The van der Waals surface area contributed by atoms with Crippen LogP contribution in [0.25, 0.3) is 0 Å². The molecule has 1 aliphatic carbocycles. The molecule has 1 fully saturated rings. The van der Waals surface area contributed by atoms with Crippen LogP contribution in [0.4, 0.5) is 5.69 Å². The molecule has 6 heteroatoms. The van der Waals surface area contributed by atoms with Crippen LogP contribution >= 0.6 is 31.9 Å². The normalized spacial score (nSPS) is 24.2. The molecule has 2 atom stereocenters. The zero-order valence-electron chi connectivity index (χ0n) is 10.7. The molecule has 1 saturated carbocycles.